The monoisotopic (exact) mass is 401 g/mol. The average molecular weight is 402 g/mol. The molecule has 7 heteroatoms. The van der Waals surface area contributed by atoms with Crippen LogP contribution in [0.25, 0.3) is 11.1 Å². The van der Waals surface area contributed by atoms with Gasteiger partial charge in [-0.15, -0.1) is 0 Å². The Hall–Kier alpha value is -2.44. The van der Waals surface area contributed by atoms with Crippen molar-refractivity contribution in [1.82, 2.24) is 4.90 Å². The van der Waals surface area contributed by atoms with Crippen LogP contribution in [0.2, 0.25) is 5.02 Å². The van der Waals surface area contributed by atoms with E-state index in [0.29, 0.717) is 23.4 Å². The molecule has 146 valence electrons. The van der Waals surface area contributed by atoms with Crippen LogP contribution in [0.3, 0.4) is 0 Å². The fourth-order valence-corrected chi connectivity index (χ4v) is 4.57. The second kappa shape index (κ2) is 6.29. The Morgan fingerprint density at radius 2 is 2.04 bits per heavy atom. The molecule has 3 N–H and O–H groups in total. The van der Waals surface area contributed by atoms with Crippen molar-refractivity contribution in [1.29, 1.82) is 0 Å². The highest BCUT2D eigenvalue weighted by atomic mass is 35.5. The third-order valence-corrected chi connectivity index (χ3v) is 5.96. The number of aliphatic hydroxyl groups is 1. The van der Waals surface area contributed by atoms with E-state index in [4.69, 9.17) is 17.3 Å². The number of likely N-dealkylation sites (N-methyl/N-ethyl adjacent to an activating group) is 1. The second-order valence-corrected chi connectivity index (χ2v) is 8.48. The van der Waals surface area contributed by atoms with Crippen LogP contribution in [0.5, 0.6) is 0 Å². The SMILES string of the molecule is CN1C(=O)C2(C[C@@](C)(CO)Cc3ccc(-c4cc(F)cc(Cl)c4)cc32)N=C1N. The van der Waals surface area contributed by atoms with Gasteiger partial charge in [0, 0.05) is 18.7 Å². The number of nitrogens with two attached hydrogens (primary N) is 1. The lowest BCUT2D eigenvalue weighted by Gasteiger charge is -2.42. The summed E-state index contributed by atoms with van der Waals surface area (Å²) in [6, 6.07) is 9.98. The largest absolute Gasteiger partial charge is 0.396 e. The van der Waals surface area contributed by atoms with Gasteiger partial charge in [-0.1, -0.05) is 30.7 Å². The van der Waals surface area contributed by atoms with Crippen molar-refractivity contribution in [2.45, 2.75) is 25.3 Å². The summed E-state index contributed by atoms with van der Waals surface area (Å²) in [6.07, 6.45) is 0.956. The maximum atomic E-state index is 13.8. The molecule has 0 radical (unpaired) electrons. The molecule has 0 bridgehead atoms. The first-order valence-corrected chi connectivity index (χ1v) is 9.39. The van der Waals surface area contributed by atoms with E-state index in [1.165, 1.54) is 17.0 Å². The van der Waals surface area contributed by atoms with Gasteiger partial charge in [-0.3, -0.25) is 9.69 Å². The van der Waals surface area contributed by atoms with Crippen LogP contribution in [0.4, 0.5) is 4.39 Å². The molecule has 2 aromatic rings. The molecule has 2 atom stereocenters. The Morgan fingerprint density at radius 1 is 1.29 bits per heavy atom. The third-order valence-electron chi connectivity index (χ3n) is 5.74. The molecule has 4 rings (SSSR count). The van der Waals surface area contributed by atoms with Gasteiger partial charge in [-0.05, 0) is 64.8 Å². The van der Waals surface area contributed by atoms with Crippen LogP contribution < -0.4 is 5.73 Å². The lowest BCUT2D eigenvalue weighted by atomic mass is 9.64. The van der Waals surface area contributed by atoms with E-state index in [0.717, 1.165) is 16.7 Å². The fourth-order valence-electron chi connectivity index (χ4n) is 4.35. The number of halogens is 2. The number of nitrogens with zero attached hydrogens (tertiary/aromatic N) is 2. The number of guanidine groups is 1. The molecule has 28 heavy (non-hydrogen) atoms. The first kappa shape index (κ1) is 18.9. The van der Waals surface area contributed by atoms with E-state index >= 15 is 0 Å². The molecule has 0 saturated carbocycles. The molecule has 0 saturated heterocycles. The normalized spacial score (nSPS) is 26.5. The summed E-state index contributed by atoms with van der Waals surface area (Å²) >= 11 is 6.01. The second-order valence-electron chi connectivity index (χ2n) is 8.05. The maximum absolute atomic E-state index is 13.8. The van der Waals surface area contributed by atoms with Gasteiger partial charge in [0.15, 0.2) is 11.5 Å². The zero-order valence-corrected chi connectivity index (χ0v) is 16.4. The Morgan fingerprint density at radius 3 is 2.64 bits per heavy atom. The van der Waals surface area contributed by atoms with Crippen molar-refractivity contribution in [3.05, 3.63) is 58.4 Å². The number of aliphatic imine (C=N–C) groups is 1. The van der Waals surface area contributed by atoms with Crippen LogP contribution in [0.1, 0.15) is 24.5 Å². The van der Waals surface area contributed by atoms with Gasteiger partial charge in [0.25, 0.3) is 5.91 Å². The summed E-state index contributed by atoms with van der Waals surface area (Å²) in [5.41, 5.74) is 7.32. The molecule has 1 aliphatic heterocycles. The first-order chi connectivity index (χ1) is 13.2. The number of rotatable bonds is 2. The van der Waals surface area contributed by atoms with Crippen LogP contribution in [-0.4, -0.2) is 35.5 Å². The highest BCUT2D eigenvalue weighted by Gasteiger charge is 2.55. The number of carbonyl (C=O) groups is 1. The Labute approximate surface area is 167 Å². The molecule has 1 amide bonds. The minimum atomic E-state index is -1.18. The van der Waals surface area contributed by atoms with Crippen molar-refractivity contribution in [2.75, 3.05) is 13.7 Å². The van der Waals surface area contributed by atoms with E-state index < -0.39 is 16.8 Å². The smallest absolute Gasteiger partial charge is 0.261 e. The standard InChI is InChI=1S/C21H21ClFN3O2/c1-20(11-27)9-13-4-3-12(14-5-15(22)8-16(23)6-14)7-17(13)21(10-20)18(28)26(2)19(24)25-21/h3-8,27H,9-11H2,1-2H3,(H2,24,25)/t20-,21?/m0/s1. The molecule has 2 aromatic carbocycles. The summed E-state index contributed by atoms with van der Waals surface area (Å²) in [5.74, 6) is -0.501. The van der Waals surface area contributed by atoms with Gasteiger partial charge < -0.3 is 10.8 Å². The predicted molar refractivity (Wildman–Crippen MR) is 106 cm³/mol. The van der Waals surface area contributed by atoms with Gasteiger partial charge >= 0.3 is 0 Å². The molecule has 5 nitrogen and oxygen atoms in total. The highest BCUT2D eigenvalue weighted by Crippen LogP contribution is 2.50. The number of aliphatic hydroxyl groups excluding tert-OH is 1. The lowest BCUT2D eigenvalue weighted by molar-refractivity contribution is -0.132. The van der Waals surface area contributed by atoms with E-state index in [9.17, 15) is 14.3 Å². The molecule has 2 aliphatic rings. The van der Waals surface area contributed by atoms with Gasteiger partial charge in [0.05, 0.1) is 0 Å². The Kier molecular flexibility index (Phi) is 4.25. The zero-order valence-electron chi connectivity index (χ0n) is 15.7. The molecular formula is C21H21ClFN3O2. The van der Waals surface area contributed by atoms with E-state index in [1.54, 1.807) is 13.1 Å². The van der Waals surface area contributed by atoms with Gasteiger partial charge in [-0.2, -0.15) is 0 Å². The van der Waals surface area contributed by atoms with Crippen LogP contribution in [0.15, 0.2) is 41.4 Å². The van der Waals surface area contributed by atoms with Crippen LogP contribution >= 0.6 is 11.6 Å². The summed E-state index contributed by atoms with van der Waals surface area (Å²) in [6.45, 7) is 1.87. The molecule has 1 unspecified atom stereocenters. The molecule has 1 heterocycles. The van der Waals surface area contributed by atoms with Gasteiger partial charge in [0.2, 0.25) is 0 Å². The number of amides is 1. The quantitative estimate of drug-likeness (QED) is 0.811. The number of carbonyl (C=O) groups excluding carboxylic acids is 1. The Bertz CT molecular complexity index is 1000. The lowest BCUT2D eigenvalue weighted by Crippen LogP contribution is -2.47. The van der Waals surface area contributed by atoms with Gasteiger partial charge in [-0.25, -0.2) is 9.38 Å². The van der Waals surface area contributed by atoms with Crippen molar-refractivity contribution >= 4 is 23.5 Å². The van der Waals surface area contributed by atoms with Crippen LogP contribution in [-0.2, 0) is 16.8 Å². The number of hydrogen-bond acceptors (Lipinski definition) is 4. The number of benzene rings is 2. The summed E-state index contributed by atoms with van der Waals surface area (Å²) in [7, 11) is 1.59. The average Bonchev–Trinajstić information content (AvgIpc) is 2.85. The van der Waals surface area contributed by atoms with Crippen molar-refractivity contribution in [2.24, 2.45) is 16.1 Å². The molecular weight excluding hydrogens is 381 g/mol. The van der Waals surface area contributed by atoms with Crippen molar-refractivity contribution in [3.63, 3.8) is 0 Å². The summed E-state index contributed by atoms with van der Waals surface area (Å²) < 4.78 is 13.8. The highest BCUT2D eigenvalue weighted by molar-refractivity contribution is 6.30. The fraction of sp³-hybridized carbons (Fsp3) is 0.333. The van der Waals surface area contributed by atoms with E-state index in [-0.39, 0.29) is 18.5 Å². The van der Waals surface area contributed by atoms with E-state index in [1.807, 2.05) is 25.1 Å². The topological polar surface area (TPSA) is 78.9 Å². The number of hydrogen-bond donors (Lipinski definition) is 2. The van der Waals surface area contributed by atoms with Crippen LogP contribution in [0, 0.1) is 11.2 Å². The van der Waals surface area contributed by atoms with Crippen molar-refractivity contribution < 1.29 is 14.3 Å². The zero-order chi connectivity index (χ0) is 20.3. The minimum absolute atomic E-state index is 0.0676. The first-order valence-electron chi connectivity index (χ1n) is 9.02. The molecule has 0 aromatic heterocycles. The summed E-state index contributed by atoms with van der Waals surface area (Å²) in [4.78, 5) is 19.1. The number of fused-ring (bicyclic) bond motifs is 2. The third kappa shape index (κ3) is 2.79. The minimum Gasteiger partial charge on any atom is -0.396 e. The molecule has 1 spiro atoms. The van der Waals surface area contributed by atoms with Crippen molar-refractivity contribution in [3.8, 4) is 11.1 Å². The Balaban J connectivity index is 1.93. The van der Waals surface area contributed by atoms with Gasteiger partial charge in [0.1, 0.15) is 5.82 Å². The molecule has 0 fully saturated rings. The summed E-state index contributed by atoms with van der Waals surface area (Å²) in [5, 5.41) is 10.3. The maximum Gasteiger partial charge on any atom is 0.261 e. The predicted octanol–water partition coefficient (Wildman–Crippen LogP) is 3.07. The van der Waals surface area contributed by atoms with E-state index in [2.05, 4.69) is 4.99 Å². The molecule has 1 aliphatic carbocycles.